The second-order valence-corrected chi connectivity index (χ2v) is 5.38. The van der Waals surface area contributed by atoms with Crippen molar-refractivity contribution in [1.82, 2.24) is 0 Å². The average Bonchev–Trinajstić information content (AvgIpc) is 2.46. The smallest absolute Gasteiger partial charge is 0.166 e. The van der Waals surface area contributed by atoms with E-state index in [-0.39, 0.29) is 11.5 Å². The van der Waals surface area contributed by atoms with Crippen LogP contribution in [-0.4, -0.2) is 36.8 Å². The molecule has 0 aromatic heterocycles. The van der Waals surface area contributed by atoms with E-state index in [0.29, 0.717) is 31.8 Å². The van der Waals surface area contributed by atoms with Gasteiger partial charge in [0.1, 0.15) is 6.29 Å². The number of aldehydes is 1. The maximum atomic E-state index is 11.0. The van der Waals surface area contributed by atoms with Gasteiger partial charge in [-0.25, -0.2) is 0 Å². The zero-order chi connectivity index (χ0) is 15.1. The lowest BCUT2D eigenvalue weighted by Crippen LogP contribution is -2.22. The Morgan fingerprint density at radius 3 is 2.50 bits per heavy atom. The normalized spacial score (nSPS) is 12.7. The summed E-state index contributed by atoms with van der Waals surface area (Å²) in [6.45, 7) is 5.07. The van der Waals surface area contributed by atoms with Crippen LogP contribution in [0, 0.1) is 11.3 Å². The number of carbonyl (C=O) groups is 1. The molecule has 0 aliphatic rings. The Hall–Kier alpha value is -0.830. The highest BCUT2D eigenvalue weighted by Gasteiger charge is 2.12. The fourth-order valence-corrected chi connectivity index (χ4v) is 2.45. The monoisotopic (exact) mass is 299 g/mol. The maximum absolute atomic E-state index is 11.0. The van der Waals surface area contributed by atoms with Crippen molar-refractivity contribution in [3.63, 3.8) is 0 Å². The van der Waals surface area contributed by atoms with Gasteiger partial charge < -0.3 is 14.3 Å². The Labute approximate surface area is 126 Å². The number of ether oxygens (including phenoxy) is 2. The average molecular weight is 299 g/mol. The van der Waals surface area contributed by atoms with Crippen LogP contribution in [0.4, 0.5) is 0 Å². The molecular weight excluding hydrogens is 274 g/mol. The van der Waals surface area contributed by atoms with Crippen molar-refractivity contribution in [3.05, 3.63) is 12.2 Å². The third-order valence-corrected chi connectivity index (χ3v) is 3.69. The molecule has 0 aromatic carbocycles. The molecule has 0 heterocycles. The molecule has 0 bridgehead atoms. The standard InChI is InChI=1S/C15H25NO3S/c1-3-18-15(19-4-2)13-20-14(12-17)10-8-6-5-7-9-11-16/h6,8,12,14-15H,3-5,7,9-10,13H2,1-2H3/b8-6-. The summed E-state index contributed by atoms with van der Waals surface area (Å²) in [6, 6.07) is 2.11. The van der Waals surface area contributed by atoms with Gasteiger partial charge in [-0.05, 0) is 33.1 Å². The van der Waals surface area contributed by atoms with Crippen molar-refractivity contribution in [2.75, 3.05) is 19.0 Å². The number of carbonyl (C=O) groups excluding carboxylic acids is 1. The van der Waals surface area contributed by atoms with Crippen LogP contribution < -0.4 is 0 Å². The Kier molecular flexibility index (Phi) is 14.0. The van der Waals surface area contributed by atoms with Crippen LogP contribution in [0.1, 0.15) is 39.5 Å². The van der Waals surface area contributed by atoms with E-state index in [0.717, 1.165) is 19.1 Å². The summed E-state index contributed by atoms with van der Waals surface area (Å²) in [7, 11) is 0. The zero-order valence-electron chi connectivity index (χ0n) is 12.4. The summed E-state index contributed by atoms with van der Waals surface area (Å²) >= 11 is 1.56. The van der Waals surface area contributed by atoms with Crippen LogP contribution >= 0.6 is 11.8 Å². The van der Waals surface area contributed by atoms with E-state index >= 15 is 0 Å². The minimum absolute atomic E-state index is 0.0642. The molecule has 0 rings (SSSR count). The number of nitriles is 1. The summed E-state index contributed by atoms with van der Waals surface area (Å²) in [5, 5.41) is 8.35. The lowest BCUT2D eigenvalue weighted by atomic mass is 10.2. The molecule has 5 heteroatoms. The summed E-state index contributed by atoms with van der Waals surface area (Å²) < 4.78 is 10.9. The molecule has 0 saturated heterocycles. The number of nitrogens with zero attached hydrogens (tertiary/aromatic N) is 1. The Bertz CT molecular complexity index is 296. The Morgan fingerprint density at radius 2 is 1.95 bits per heavy atom. The summed E-state index contributed by atoms with van der Waals surface area (Å²) in [4.78, 5) is 11.0. The van der Waals surface area contributed by atoms with Gasteiger partial charge in [-0.1, -0.05) is 12.2 Å². The van der Waals surface area contributed by atoms with E-state index in [9.17, 15) is 4.79 Å². The van der Waals surface area contributed by atoms with Crippen molar-refractivity contribution in [3.8, 4) is 6.07 Å². The van der Waals surface area contributed by atoms with Crippen molar-refractivity contribution < 1.29 is 14.3 Å². The van der Waals surface area contributed by atoms with Crippen molar-refractivity contribution in [2.24, 2.45) is 0 Å². The van der Waals surface area contributed by atoms with Gasteiger partial charge >= 0.3 is 0 Å². The molecule has 4 nitrogen and oxygen atoms in total. The van der Waals surface area contributed by atoms with Gasteiger partial charge in [0.2, 0.25) is 0 Å². The molecule has 20 heavy (non-hydrogen) atoms. The molecule has 0 aromatic rings. The number of hydrogen-bond donors (Lipinski definition) is 0. The molecular formula is C15H25NO3S. The van der Waals surface area contributed by atoms with Crippen LogP contribution in [0.2, 0.25) is 0 Å². The van der Waals surface area contributed by atoms with Crippen LogP contribution in [0.3, 0.4) is 0 Å². The molecule has 0 N–H and O–H groups in total. The predicted octanol–water partition coefficient (Wildman–Crippen LogP) is 3.33. The molecule has 0 aliphatic heterocycles. The van der Waals surface area contributed by atoms with Crippen LogP contribution in [0.5, 0.6) is 0 Å². The molecule has 0 radical (unpaired) electrons. The van der Waals surface area contributed by atoms with Gasteiger partial charge in [0.15, 0.2) is 6.29 Å². The molecule has 114 valence electrons. The van der Waals surface area contributed by atoms with E-state index in [2.05, 4.69) is 6.07 Å². The lowest BCUT2D eigenvalue weighted by Gasteiger charge is -2.17. The number of allylic oxidation sites excluding steroid dienone is 2. The predicted molar refractivity (Wildman–Crippen MR) is 82.6 cm³/mol. The molecule has 0 fully saturated rings. The zero-order valence-corrected chi connectivity index (χ0v) is 13.2. The minimum atomic E-state index is -0.239. The summed E-state index contributed by atoms with van der Waals surface area (Å²) in [5.41, 5.74) is 0. The Balaban J connectivity index is 3.89. The van der Waals surface area contributed by atoms with Crippen LogP contribution in [-0.2, 0) is 14.3 Å². The lowest BCUT2D eigenvalue weighted by molar-refractivity contribution is -0.120. The second-order valence-electron chi connectivity index (χ2n) is 4.11. The minimum Gasteiger partial charge on any atom is -0.352 e. The molecule has 0 aliphatic carbocycles. The first-order valence-corrected chi connectivity index (χ1v) is 8.15. The van der Waals surface area contributed by atoms with Crippen molar-refractivity contribution in [2.45, 2.75) is 51.1 Å². The van der Waals surface area contributed by atoms with Gasteiger partial charge in [0, 0.05) is 25.4 Å². The van der Waals surface area contributed by atoms with Gasteiger partial charge in [-0.15, -0.1) is 11.8 Å². The molecule has 1 unspecified atom stereocenters. The summed E-state index contributed by atoms with van der Waals surface area (Å²) in [6.07, 6.45) is 7.85. The highest BCUT2D eigenvalue weighted by atomic mass is 32.2. The van der Waals surface area contributed by atoms with Crippen LogP contribution in [0.15, 0.2) is 12.2 Å². The topological polar surface area (TPSA) is 59.3 Å². The fraction of sp³-hybridized carbons (Fsp3) is 0.733. The van der Waals surface area contributed by atoms with E-state index in [4.69, 9.17) is 14.7 Å². The second kappa shape index (κ2) is 14.6. The largest absolute Gasteiger partial charge is 0.352 e. The third kappa shape index (κ3) is 11.0. The summed E-state index contributed by atoms with van der Waals surface area (Å²) in [5.74, 6) is 0.660. The number of rotatable bonds is 13. The number of thioether (sulfide) groups is 1. The molecule has 0 spiro atoms. The number of unbranched alkanes of at least 4 members (excludes halogenated alkanes) is 2. The quantitative estimate of drug-likeness (QED) is 0.226. The van der Waals surface area contributed by atoms with Crippen LogP contribution in [0.25, 0.3) is 0 Å². The van der Waals surface area contributed by atoms with E-state index in [1.54, 1.807) is 11.8 Å². The Morgan fingerprint density at radius 1 is 1.25 bits per heavy atom. The first kappa shape index (κ1) is 19.2. The van der Waals surface area contributed by atoms with Crippen molar-refractivity contribution >= 4 is 18.0 Å². The highest BCUT2D eigenvalue weighted by Crippen LogP contribution is 2.16. The maximum Gasteiger partial charge on any atom is 0.166 e. The third-order valence-electron chi connectivity index (χ3n) is 2.50. The first-order chi connectivity index (χ1) is 9.78. The SMILES string of the molecule is CCOC(CSC(C=O)C/C=C\CCCC#N)OCC. The first-order valence-electron chi connectivity index (χ1n) is 7.10. The molecule has 0 amide bonds. The van der Waals surface area contributed by atoms with Gasteiger partial charge in [0.05, 0.1) is 11.3 Å². The van der Waals surface area contributed by atoms with Crippen molar-refractivity contribution in [1.29, 1.82) is 5.26 Å². The van der Waals surface area contributed by atoms with E-state index in [1.807, 2.05) is 26.0 Å². The highest BCUT2D eigenvalue weighted by molar-refractivity contribution is 8.00. The fourth-order valence-electron chi connectivity index (χ4n) is 1.53. The molecule has 1 atom stereocenters. The molecule has 0 saturated carbocycles. The van der Waals surface area contributed by atoms with E-state index in [1.165, 1.54) is 0 Å². The number of hydrogen-bond acceptors (Lipinski definition) is 5. The van der Waals surface area contributed by atoms with Gasteiger partial charge in [-0.2, -0.15) is 5.26 Å². The van der Waals surface area contributed by atoms with Gasteiger partial charge in [0.25, 0.3) is 0 Å². The van der Waals surface area contributed by atoms with Gasteiger partial charge in [-0.3, -0.25) is 0 Å². The van der Waals surface area contributed by atoms with E-state index < -0.39 is 0 Å².